The van der Waals surface area contributed by atoms with Crippen LogP contribution in [-0.4, -0.2) is 13.9 Å². The molecule has 1 heterocycles. The molecule has 0 bridgehead atoms. The van der Waals surface area contributed by atoms with Gasteiger partial charge in [-0.05, 0) is 41.5 Å². The third-order valence-corrected chi connectivity index (χ3v) is 5.36. The molecule has 3 aromatic carbocycles. The van der Waals surface area contributed by atoms with E-state index < -0.39 is 0 Å². The van der Waals surface area contributed by atoms with Crippen LogP contribution in [0.4, 0.5) is 0 Å². The van der Waals surface area contributed by atoms with Gasteiger partial charge >= 0.3 is 0 Å². The minimum atomic E-state index is 0.273. The Bertz CT molecular complexity index is 1040. The van der Waals surface area contributed by atoms with Crippen molar-refractivity contribution in [2.75, 3.05) is 13.9 Å². The van der Waals surface area contributed by atoms with Crippen molar-refractivity contribution in [3.8, 4) is 23.0 Å². The van der Waals surface area contributed by atoms with E-state index in [9.17, 15) is 0 Å². The van der Waals surface area contributed by atoms with Crippen LogP contribution in [0.25, 0.3) is 0 Å². The van der Waals surface area contributed by atoms with Crippen molar-refractivity contribution in [2.24, 2.45) is 0 Å². The molecular formula is C23H21Cl2NO4. The number of hydrogen-bond acceptors (Lipinski definition) is 5. The van der Waals surface area contributed by atoms with Gasteiger partial charge in [-0.3, -0.25) is 0 Å². The number of hydrogen-bond donors (Lipinski definition) is 1. The Kier molecular flexibility index (Phi) is 6.53. The van der Waals surface area contributed by atoms with E-state index in [0.717, 1.165) is 28.2 Å². The summed E-state index contributed by atoms with van der Waals surface area (Å²) in [6, 6.07) is 17.2. The maximum atomic E-state index is 6.48. The van der Waals surface area contributed by atoms with Crippen LogP contribution in [0.15, 0.2) is 54.6 Å². The van der Waals surface area contributed by atoms with Crippen LogP contribution in [0.2, 0.25) is 10.0 Å². The lowest BCUT2D eigenvalue weighted by Crippen LogP contribution is -2.13. The Balaban J connectivity index is 1.39. The molecule has 3 aromatic rings. The highest BCUT2D eigenvalue weighted by molar-refractivity contribution is 6.32. The lowest BCUT2D eigenvalue weighted by Gasteiger charge is -2.15. The molecule has 1 aliphatic heterocycles. The summed E-state index contributed by atoms with van der Waals surface area (Å²) in [4.78, 5) is 0. The maximum Gasteiger partial charge on any atom is 0.231 e. The second-order valence-electron chi connectivity index (χ2n) is 6.78. The van der Waals surface area contributed by atoms with Gasteiger partial charge in [-0.2, -0.15) is 0 Å². The predicted molar refractivity (Wildman–Crippen MR) is 117 cm³/mol. The van der Waals surface area contributed by atoms with Gasteiger partial charge in [0.1, 0.15) is 6.61 Å². The highest BCUT2D eigenvalue weighted by Crippen LogP contribution is 2.37. The molecular weight excluding hydrogens is 425 g/mol. The Morgan fingerprint density at radius 3 is 2.53 bits per heavy atom. The highest BCUT2D eigenvalue weighted by Gasteiger charge is 2.14. The summed E-state index contributed by atoms with van der Waals surface area (Å²) < 4.78 is 22.2. The van der Waals surface area contributed by atoms with Crippen molar-refractivity contribution in [2.45, 2.75) is 19.7 Å². The first-order valence-electron chi connectivity index (χ1n) is 9.46. The largest absolute Gasteiger partial charge is 0.493 e. The molecule has 0 saturated heterocycles. The summed E-state index contributed by atoms with van der Waals surface area (Å²) in [5.41, 5.74) is 2.98. The van der Waals surface area contributed by atoms with Crippen LogP contribution in [0.3, 0.4) is 0 Å². The monoisotopic (exact) mass is 445 g/mol. The number of methoxy groups -OCH3 is 1. The van der Waals surface area contributed by atoms with Crippen molar-refractivity contribution in [1.82, 2.24) is 5.32 Å². The van der Waals surface area contributed by atoms with Gasteiger partial charge < -0.3 is 24.3 Å². The van der Waals surface area contributed by atoms with E-state index in [0.29, 0.717) is 41.2 Å². The van der Waals surface area contributed by atoms with Crippen molar-refractivity contribution >= 4 is 23.2 Å². The fourth-order valence-corrected chi connectivity index (χ4v) is 3.66. The van der Waals surface area contributed by atoms with E-state index in [-0.39, 0.29) is 6.79 Å². The van der Waals surface area contributed by atoms with Gasteiger partial charge in [-0.1, -0.05) is 47.5 Å². The zero-order chi connectivity index (χ0) is 20.9. The van der Waals surface area contributed by atoms with Gasteiger partial charge in [0.2, 0.25) is 6.79 Å². The third kappa shape index (κ3) is 4.75. The molecule has 0 radical (unpaired) electrons. The number of benzene rings is 3. The first-order valence-corrected chi connectivity index (χ1v) is 10.2. The van der Waals surface area contributed by atoms with Crippen LogP contribution >= 0.6 is 23.2 Å². The molecule has 0 spiro atoms. The molecule has 0 atom stereocenters. The quantitative estimate of drug-likeness (QED) is 0.488. The second kappa shape index (κ2) is 9.47. The summed E-state index contributed by atoms with van der Waals surface area (Å²) in [6.07, 6.45) is 0. The van der Waals surface area contributed by atoms with Gasteiger partial charge in [-0.25, -0.2) is 0 Å². The zero-order valence-electron chi connectivity index (χ0n) is 16.4. The molecule has 0 aliphatic carbocycles. The molecule has 156 valence electrons. The van der Waals surface area contributed by atoms with Gasteiger partial charge in [0, 0.05) is 23.7 Å². The normalized spacial score (nSPS) is 12.1. The Hall–Kier alpha value is -2.60. The molecule has 30 heavy (non-hydrogen) atoms. The number of nitrogens with one attached hydrogen (secondary N) is 1. The minimum Gasteiger partial charge on any atom is -0.493 e. The summed E-state index contributed by atoms with van der Waals surface area (Å²) in [7, 11) is 1.60. The molecule has 7 heteroatoms. The molecule has 1 aliphatic rings. The summed E-state index contributed by atoms with van der Waals surface area (Å²) >= 11 is 12.7. The standard InChI is InChI=1S/C23H21Cl2NO4/c1-27-22-10-16(12-26-11-15-6-7-20-21(9-15)30-14-29-20)8-19(25)23(22)28-13-17-4-2-3-5-18(17)24/h2-10,26H,11-14H2,1H3. The zero-order valence-corrected chi connectivity index (χ0v) is 17.9. The SMILES string of the molecule is COc1cc(CNCc2ccc3c(c2)OCO3)cc(Cl)c1OCc1ccccc1Cl. The highest BCUT2D eigenvalue weighted by atomic mass is 35.5. The van der Waals surface area contributed by atoms with Crippen LogP contribution in [0.1, 0.15) is 16.7 Å². The average Bonchev–Trinajstić information content (AvgIpc) is 3.21. The van der Waals surface area contributed by atoms with Crippen LogP contribution < -0.4 is 24.3 Å². The molecule has 0 amide bonds. The lowest BCUT2D eigenvalue weighted by atomic mass is 10.1. The van der Waals surface area contributed by atoms with Crippen molar-refractivity contribution in [3.63, 3.8) is 0 Å². The molecule has 4 rings (SSSR count). The summed E-state index contributed by atoms with van der Waals surface area (Å²) in [5.74, 6) is 2.63. The molecule has 0 saturated carbocycles. The van der Waals surface area contributed by atoms with E-state index in [1.807, 2.05) is 54.6 Å². The maximum absolute atomic E-state index is 6.48. The fraction of sp³-hybridized carbons (Fsp3) is 0.217. The second-order valence-corrected chi connectivity index (χ2v) is 7.59. The van der Waals surface area contributed by atoms with E-state index in [4.69, 9.17) is 42.1 Å². The number of halogens is 2. The van der Waals surface area contributed by atoms with Crippen LogP contribution in [-0.2, 0) is 19.7 Å². The number of rotatable bonds is 8. The van der Waals surface area contributed by atoms with Crippen molar-refractivity contribution < 1.29 is 18.9 Å². The number of ether oxygens (including phenoxy) is 4. The molecule has 0 unspecified atom stereocenters. The van der Waals surface area contributed by atoms with Crippen LogP contribution in [0.5, 0.6) is 23.0 Å². The smallest absolute Gasteiger partial charge is 0.231 e. The Labute approximate surface area is 185 Å². The molecule has 0 fully saturated rings. The van der Waals surface area contributed by atoms with E-state index in [1.54, 1.807) is 7.11 Å². The summed E-state index contributed by atoms with van der Waals surface area (Å²) in [6.45, 7) is 1.88. The topological polar surface area (TPSA) is 49.0 Å². The third-order valence-electron chi connectivity index (χ3n) is 4.71. The molecule has 1 N–H and O–H groups in total. The van der Waals surface area contributed by atoms with Gasteiger partial charge in [-0.15, -0.1) is 0 Å². The fourth-order valence-electron chi connectivity index (χ4n) is 3.18. The molecule has 0 aromatic heterocycles. The number of fused-ring (bicyclic) bond motifs is 1. The van der Waals surface area contributed by atoms with E-state index in [1.165, 1.54) is 0 Å². The molecule has 5 nitrogen and oxygen atoms in total. The summed E-state index contributed by atoms with van der Waals surface area (Å²) in [5, 5.41) is 4.54. The van der Waals surface area contributed by atoms with E-state index >= 15 is 0 Å². The minimum absolute atomic E-state index is 0.273. The lowest BCUT2D eigenvalue weighted by molar-refractivity contribution is 0.174. The predicted octanol–water partition coefficient (Wildman–Crippen LogP) is 5.60. The van der Waals surface area contributed by atoms with Gasteiger partial charge in [0.05, 0.1) is 12.1 Å². The van der Waals surface area contributed by atoms with Crippen molar-refractivity contribution in [1.29, 1.82) is 0 Å². The Morgan fingerprint density at radius 2 is 1.70 bits per heavy atom. The van der Waals surface area contributed by atoms with Gasteiger partial charge in [0.25, 0.3) is 0 Å². The first-order chi connectivity index (χ1) is 14.6. The Morgan fingerprint density at radius 1 is 0.900 bits per heavy atom. The average molecular weight is 446 g/mol. The first kappa shape index (κ1) is 20.7. The van der Waals surface area contributed by atoms with E-state index in [2.05, 4.69) is 5.32 Å². The van der Waals surface area contributed by atoms with Crippen LogP contribution in [0, 0.1) is 0 Å². The van der Waals surface area contributed by atoms with Gasteiger partial charge in [0.15, 0.2) is 23.0 Å². The van der Waals surface area contributed by atoms with Crippen molar-refractivity contribution in [3.05, 3.63) is 81.3 Å².